The van der Waals surface area contributed by atoms with Crippen molar-refractivity contribution in [1.82, 2.24) is 9.34 Å². The first kappa shape index (κ1) is 30.6. The molecule has 0 bridgehead atoms. The van der Waals surface area contributed by atoms with Gasteiger partial charge in [-0.15, -0.1) is 0 Å². The van der Waals surface area contributed by atoms with Crippen molar-refractivity contribution in [3.63, 3.8) is 0 Å². The largest absolute Gasteiger partial charge is 0.297 e. The predicted octanol–water partition coefficient (Wildman–Crippen LogP) is 8.54. The van der Waals surface area contributed by atoms with Crippen molar-refractivity contribution in [3.8, 4) is 0 Å². The lowest BCUT2D eigenvalue weighted by atomic mass is 9.89. The van der Waals surface area contributed by atoms with E-state index in [9.17, 15) is 0 Å². The highest BCUT2D eigenvalue weighted by atomic mass is 31.2. The van der Waals surface area contributed by atoms with Crippen LogP contribution in [0.15, 0.2) is 175 Å². The van der Waals surface area contributed by atoms with Gasteiger partial charge in [0.05, 0.1) is 6.04 Å². The van der Waals surface area contributed by atoms with E-state index in [1.54, 1.807) is 0 Å². The topological polar surface area (TPSA) is 40.6 Å². The van der Waals surface area contributed by atoms with Crippen LogP contribution in [-0.2, 0) is 15.7 Å². The van der Waals surface area contributed by atoms with Crippen molar-refractivity contribution in [3.05, 3.63) is 186 Å². The van der Waals surface area contributed by atoms with Gasteiger partial charge < -0.3 is 0 Å². The van der Waals surface area contributed by atoms with Crippen molar-refractivity contribution in [1.29, 1.82) is 0 Å². The molecule has 1 saturated heterocycles. The molecule has 1 heterocycles. The molecule has 5 aromatic carbocycles. The highest BCUT2D eigenvalue weighted by Crippen LogP contribution is 2.71. The molecule has 46 heavy (non-hydrogen) atoms. The van der Waals surface area contributed by atoms with Crippen molar-refractivity contribution in [2.45, 2.75) is 19.0 Å². The fourth-order valence-electron chi connectivity index (χ4n) is 7.05. The summed E-state index contributed by atoms with van der Waals surface area (Å²) in [4.78, 5) is 0. The Kier molecular flexibility index (Phi) is 8.89. The third kappa shape index (κ3) is 5.61. The molecule has 3 atom stereocenters. The Morgan fingerprint density at radius 3 is 1.80 bits per heavy atom. The van der Waals surface area contributed by atoms with Gasteiger partial charge in [0.1, 0.15) is 0 Å². The molecule has 1 aliphatic carbocycles. The van der Waals surface area contributed by atoms with Crippen LogP contribution in [0.3, 0.4) is 0 Å². The summed E-state index contributed by atoms with van der Waals surface area (Å²) in [6, 6.07) is 50.3. The molecule has 0 N–H and O–H groups in total. The molecule has 2 aliphatic rings. The van der Waals surface area contributed by atoms with Gasteiger partial charge in [-0.1, -0.05) is 133 Å². The molecule has 1 fully saturated rings. The van der Waals surface area contributed by atoms with E-state index in [1.807, 2.05) is 115 Å². The summed E-state index contributed by atoms with van der Waals surface area (Å²) in [5.41, 5.74) is 2.23. The van der Waals surface area contributed by atoms with Crippen molar-refractivity contribution >= 4 is 30.5 Å². The number of fused-ring (bicyclic) bond motifs is 1. The molecule has 7 rings (SSSR count). The second-order valence-corrected chi connectivity index (χ2v) is 17.3. The summed E-state index contributed by atoms with van der Waals surface area (Å²) >= 11 is 0. The first-order chi connectivity index (χ1) is 22.6. The highest BCUT2D eigenvalue weighted by Gasteiger charge is 2.53. The summed E-state index contributed by atoms with van der Waals surface area (Å²) in [6.07, 6.45) is 7.41. The van der Waals surface area contributed by atoms with Gasteiger partial charge in [0.2, 0.25) is 14.6 Å². The molecule has 0 unspecified atom stereocenters. The standard InChI is InChI=1S/C40H38N2O2P2/c43-45(35-22-10-3-11-23-35,36-24-12-4-13-25-36)41(32-33-18-6-1-7-19-33)30-31-42-40(34-20-8-2-9-21-34)38-28-16-17-29-39(38)46(42,44)37-26-14-5-15-27-37/h1-16,18-29,38,40H,17,30-32H2/t38-,40+,46+/m0/s1. The van der Waals surface area contributed by atoms with Crippen LogP contribution in [0.2, 0.25) is 0 Å². The minimum atomic E-state index is -3.31. The zero-order chi connectivity index (χ0) is 31.4. The number of hydrogen-bond acceptors (Lipinski definition) is 2. The minimum absolute atomic E-state index is 0.000172. The molecular formula is C40H38N2O2P2. The lowest BCUT2D eigenvalue weighted by molar-refractivity contribution is 0.288. The van der Waals surface area contributed by atoms with E-state index in [0.29, 0.717) is 19.6 Å². The number of hydrogen-bond donors (Lipinski definition) is 0. The van der Waals surface area contributed by atoms with Crippen LogP contribution in [0.5, 0.6) is 0 Å². The fraction of sp³-hybridized carbons (Fsp3) is 0.150. The third-order valence-electron chi connectivity index (χ3n) is 9.17. The fourth-order valence-corrected chi connectivity index (χ4v) is 13.3. The lowest BCUT2D eigenvalue weighted by Crippen LogP contribution is -2.38. The number of rotatable bonds is 10. The number of allylic oxidation sites excluding steroid dienone is 2. The minimum Gasteiger partial charge on any atom is -0.297 e. The molecule has 4 nitrogen and oxygen atoms in total. The van der Waals surface area contributed by atoms with Crippen LogP contribution in [-0.4, -0.2) is 22.4 Å². The molecule has 0 saturated carbocycles. The average Bonchev–Trinajstić information content (AvgIpc) is 3.40. The smallest absolute Gasteiger partial charge is 0.207 e. The van der Waals surface area contributed by atoms with Crippen LogP contribution >= 0.6 is 14.6 Å². The SMILES string of the molecule is O=P(c1ccccc1)(c1ccccc1)N(CCN1[C@H](c2ccccc2)[C@H]2C=CCC=C2[P@]1(=O)c1ccccc1)Cc1ccccc1. The maximum Gasteiger partial charge on any atom is 0.207 e. The predicted molar refractivity (Wildman–Crippen MR) is 192 cm³/mol. The Balaban J connectivity index is 1.36. The van der Waals surface area contributed by atoms with Crippen LogP contribution in [0.25, 0.3) is 0 Å². The normalized spacial score (nSPS) is 21.2. The van der Waals surface area contributed by atoms with Crippen LogP contribution in [0.4, 0.5) is 0 Å². The van der Waals surface area contributed by atoms with Crippen molar-refractivity contribution in [2.24, 2.45) is 5.92 Å². The summed E-state index contributed by atoms with van der Waals surface area (Å²) < 4.78 is 36.0. The number of benzene rings is 5. The molecule has 0 amide bonds. The van der Waals surface area contributed by atoms with Gasteiger partial charge in [-0.3, -0.25) is 9.13 Å². The van der Waals surface area contributed by atoms with Gasteiger partial charge in [-0.2, -0.15) is 0 Å². The van der Waals surface area contributed by atoms with Crippen molar-refractivity contribution in [2.75, 3.05) is 13.1 Å². The van der Waals surface area contributed by atoms with Gasteiger partial charge in [-0.05, 0) is 53.9 Å². The molecular weight excluding hydrogens is 602 g/mol. The first-order valence-electron chi connectivity index (χ1n) is 16.0. The Hall–Kier alpha value is -4.04. The molecule has 1 aliphatic heterocycles. The maximum absolute atomic E-state index is 15.8. The van der Waals surface area contributed by atoms with Gasteiger partial charge in [0, 0.05) is 46.8 Å². The molecule has 0 radical (unpaired) electrons. The monoisotopic (exact) mass is 640 g/mol. The van der Waals surface area contributed by atoms with Gasteiger partial charge in [0.15, 0.2) is 0 Å². The zero-order valence-electron chi connectivity index (χ0n) is 25.8. The quantitative estimate of drug-likeness (QED) is 0.113. The average molecular weight is 641 g/mol. The van der Waals surface area contributed by atoms with Crippen LogP contribution < -0.4 is 15.9 Å². The van der Waals surface area contributed by atoms with Crippen LogP contribution in [0.1, 0.15) is 23.6 Å². The highest BCUT2D eigenvalue weighted by molar-refractivity contribution is 7.76. The third-order valence-corrected chi connectivity index (χ3v) is 15.7. The van der Waals surface area contributed by atoms with E-state index >= 15 is 9.13 Å². The van der Waals surface area contributed by atoms with E-state index < -0.39 is 14.6 Å². The molecule has 6 heteroatoms. The Bertz CT molecular complexity index is 1870. The Labute approximate surface area is 272 Å². The van der Waals surface area contributed by atoms with E-state index in [4.69, 9.17) is 0 Å². The van der Waals surface area contributed by atoms with E-state index in [1.165, 1.54) is 0 Å². The summed E-state index contributed by atoms with van der Waals surface area (Å²) in [5.74, 6) is -0.000172. The molecule has 5 aromatic rings. The van der Waals surface area contributed by atoms with E-state index in [-0.39, 0.29) is 12.0 Å². The first-order valence-corrected chi connectivity index (χ1v) is 19.3. The summed E-state index contributed by atoms with van der Waals surface area (Å²) in [6.45, 7) is 1.43. The van der Waals surface area contributed by atoms with E-state index in [2.05, 4.69) is 64.0 Å². The lowest BCUT2D eigenvalue weighted by Gasteiger charge is -2.36. The van der Waals surface area contributed by atoms with E-state index in [0.717, 1.165) is 38.8 Å². The zero-order valence-corrected chi connectivity index (χ0v) is 27.5. The molecule has 0 spiro atoms. The number of nitrogens with zero attached hydrogens (tertiary/aromatic N) is 2. The van der Waals surface area contributed by atoms with Crippen molar-refractivity contribution < 1.29 is 9.13 Å². The van der Waals surface area contributed by atoms with Gasteiger partial charge in [-0.25, -0.2) is 9.34 Å². The Morgan fingerprint density at radius 1 is 0.696 bits per heavy atom. The Morgan fingerprint density at radius 2 is 1.22 bits per heavy atom. The summed E-state index contributed by atoms with van der Waals surface area (Å²) in [7, 11) is -6.50. The summed E-state index contributed by atoms with van der Waals surface area (Å²) in [5, 5.41) is 3.45. The molecule has 0 aromatic heterocycles. The second kappa shape index (κ2) is 13.4. The molecule has 230 valence electrons. The second-order valence-electron chi connectivity index (χ2n) is 11.9. The van der Waals surface area contributed by atoms with Gasteiger partial charge >= 0.3 is 0 Å². The van der Waals surface area contributed by atoms with Gasteiger partial charge in [0.25, 0.3) is 0 Å². The maximum atomic E-state index is 15.8. The van der Waals surface area contributed by atoms with Crippen LogP contribution in [0, 0.1) is 5.92 Å².